The van der Waals surface area contributed by atoms with Crippen LogP contribution in [0.4, 0.5) is 0 Å². The van der Waals surface area contributed by atoms with Crippen molar-refractivity contribution in [2.24, 2.45) is 0 Å². The van der Waals surface area contributed by atoms with Gasteiger partial charge in [0.2, 0.25) is 0 Å². The second kappa shape index (κ2) is 8.21. The summed E-state index contributed by atoms with van der Waals surface area (Å²) in [7, 11) is 0. The lowest BCUT2D eigenvalue weighted by Gasteiger charge is -2.13. The maximum absolute atomic E-state index is 11.7. The van der Waals surface area contributed by atoms with Crippen molar-refractivity contribution in [3.8, 4) is 22.5 Å². The van der Waals surface area contributed by atoms with Crippen LogP contribution in [0.1, 0.15) is 12.5 Å². The van der Waals surface area contributed by atoms with Crippen molar-refractivity contribution < 1.29 is 9.53 Å². The van der Waals surface area contributed by atoms with E-state index in [0.29, 0.717) is 22.5 Å². The minimum absolute atomic E-state index is 0.328. The zero-order chi connectivity index (χ0) is 18.5. The topological polar surface area (TPSA) is 55.0 Å². The summed E-state index contributed by atoms with van der Waals surface area (Å²) in [6.45, 7) is 2.10. The van der Waals surface area contributed by atoms with Crippen molar-refractivity contribution in [1.29, 1.82) is 0 Å². The van der Waals surface area contributed by atoms with Crippen LogP contribution >= 0.6 is 23.2 Å². The van der Waals surface area contributed by atoms with E-state index < -0.39 is 5.97 Å². The summed E-state index contributed by atoms with van der Waals surface area (Å²) in [5.41, 5.74) is 3.36. The summed E-state index contributed by atoms with van der Waals surface area (Å²) in [5, 5.41) is 1.11. The average molecular weight is 387 g/mol. The fraction of sp³-hybridized carbons (Fsp3) is 0.100. The number of aromatic nitrogens is 2. The van der Waals surface area contributed by atoms with Crippen molar-refractivity contribution in [2.45, 2.75) is 6.92 Å². The molecule has 1 aromatic heterocycles. The molecule has 0 aliphatic carbocycles. The van der Waals surface area contributed by atoms with E-state index in [1.54, 1.807) is 37.5 Å². The number of H-pyrrole nitrogens is 1. The van der Waals surface area contributed by atoms with Crippen LogP contribution in [0.15, 0.2) is 54.9 Å². The second-order valence-electron chi connectivity index (χ2n) is 5.42. The number of hydrogen-bond donors (Lipinski definition) is 1. The van der Waals surface area contributed by atoms with Gasteiger partial charge in [0, 0.05) is 39.6 Å². The smallest absolute Gasteiger partial charge is 0.330 e. The van der Waals surface area contributed by atoms with E-state index in [1.165, 1.54) is 6.08 Å². The Bertz CT molecular complexity index is 950. The SMILES string of the molecule is CCOC(=O)C=Cc1cccc(-c2ccc(Cl)cc2Cl)c1-c1ncc[nH]1. The lowest BCUT2D eigenvalue weighted by Crippen LogP contribution is -1.99. The zero-order valence-corrected chi connectivity index (χ0v) is 15.5. The quantitative estimate of drug-likeness (QED) is 0.456. The lowest BCUT2D eigenvalue weighted by atomic mass is 9.94. The van der Waals surface area contributed by atoms with Crippen LogP contribution in [0.2, 0.25) is 10.0 Å². The number of rotatable bonds is 5. The Morgan fingerprint density at radius 3 is 2.77 bits per heavy atom. The number of ether oxygens (including phenoxy) is 1. The number of hydrogen-bond acceptors (Lipinski definition) is 3. The molecule has 0 saturated heterocycles. The van der Waals surface area contributed by atoms with E-state index in [9.17, 15) is 4.79 Å². The monoisotopic (exact) mass is 386 g/mol. The molecule has 6 heteroatoms. The largest absolute Gasteiger partial charge is 0.463 e. The van der Waals surface area contributed by atoms with Gasteiger partial charge in [0.1, 0.15) is 5.82 Å². The molecule has 0 radical (unpaired) electrons. The molecule has 0 aliphatic rings. The fourth-order valence-electron chi connectivity index (χ4n) is 2.66. The highest BCUT2D eigenvalue weighted by atomic mass is 35.5. The summed E-state index contributed by atoms with van der Waals surface area (Å²) >= 11 is 12.4. The minimum Gasteiger partial charge on any atom is -0.463 e. The molecule has 2 aromatic carbocycles. The Balaban J connectivity index is 2.16. The summed E-state index contributed by atoms with van der Waals surface area (Å²) in [6, 6.07) is 11.1. The molecule has 0 fully saturated rings. The highest BCUT2D eigenvalue weighted by Gasteiger charge is 2.15. The third-order valence-corrected chi connectivity index (χ3v) is 4.29. The van der Waals surface area contributed by atoms with Crippen LogP contribution in [0.5, 0.6) is 0 Å². The van der Waals surface area contributed by atoms with Gasteiger partial charge in [-0.3, -0.25) is 0 Å². The van der Waals surface area contributed by atoms with E-state index in [1.807, 2.05) is 24.3 Å². The van der Waals surface area contributed by atoms with Gasteiger partial charge in [0.05, 0.1) is 6.61 Å². The van der Waals surface area contributed by atoms with Gasteiger partial charge in [-0.1, -0.05) is 47.5 Å². The van der Waals surface area contributed by atoms with Gasteiger partial charge in [-0.25, -0.2) is 9.78 Å². The Morgan fingerprint density at radius 1 is 1.23 bits per heavy atom. The van der Waals surface area contributed by atoms with Crippen molar-refractivity contribution in [1.82, 2.24) is 9.97 Å². The standard InChI is InChI=1S/C20H16Cl2N2O2/c1-2-26-18(25)9-6-13-4-3-5-16(19(13)20-23-10-11-24-20)15-8-7-14(21)12-17(15)22/h3-12H,2H2,1H3,(H,23,24). The first-order chi connectivity index (χ1) is 12.6. The molecule has 3 rings (SSSR count). The highest BCUT2D eigenvalue weighted by Crippen LogP contribution is 2.38. The van der Waals surface area contributed by atoms with Crippen LogP contribution in [-0.4, -0.2) is 22.5 Å². The molecule has 0 saturated carbocycles. The molecule has 26 heavy (non-hydrogen) atoms. The number of aromatic amines is 1. The van der Waals surface area contributed by atoms with E-state index >= 15 is 0 Å². The zero-order valence-electron chi connectivity index (χ0n) is 14.0. The van der Waals surface area contributed by atoms with Crippen LogP contribution in [-0.2, 0) is 9.53 Å². The molecule has 0 bridgehead atoms. The number of carbonyl (C=O) groups excluding carboxylic acids is 1. The fourth-order valence-corrected chi connectivity index (χ4v) is 3.17. The summed E-state index contributed by atoms with van der Waals surface area (Å²) in [5.74, 6) is 0.281. The average Bonchev–Trinajstić information content (AvgIpc) is 3.14. The molecule has 0 spiro atoms. The normalized spacial score (nSPS) is 11.0. The number of nitrogens with one attached hydrogen (secondary N) is 1. The van der Waals surface area contributed by atoms with E-state index in [2.05, 4.69) is 9.97 Å². The van der Waals surface area contributed by atoms with Crippen LogP contribution in [0.3, 0.4) is 0 Å². The van der Waals surface area contributed by atoms with Gasteiger partial charge in [-0.05, 0) is 36.3 Å². The molecule has 0 unspecified atom stereocenters. The summed E-state index contributed by atoms with van der Waals surface area (Å²) < 4.78 is 4.96. The van der Waals surface area contributed by atoms with E-state index in [-0.39, 0.29) is 0 Å². The van der Waals surface area contributed by atoms with Gasteiger partial charge in [-0.15, -0.1) is 0 Å². The van der Waals surface area contributed by atoms with Gasteiger partial charge >= 0.3 is 5.97 Å². The molecule has 132 valence electrons. The number of esters is 1. The molecule has 1 N–H and O–H groups in total. The number of nitrogens with zero attached hydrogens (tertiary/aromatic N) is 1. The van der Waals surface area contributed by atoms with Crippen molar-refractivity contribution in [2.75, 3.05) is 6.61 Å². The second-order valence-corrected chi connectivity index (χ2v) is 6.26. The van der Waals surface area contributed by atoms with Gasteiger partial charge in [-0.2, -0.15) is 0 Å². The molecule has 0 aliphatic heterocycles. The van der Waals surface area contributed by atoms with Crippen molar-refractivity contribution in [3.05, 3.63) is 70.5 Å². The van der Waals surface area contributed by atoms with Gasteiger partial charge in [0.15, 0.2) is 0 Å². The molecule has 3 aromatic rings. The summed E-state index contributed by atoms with van der Waals surface area (Å²) in [4.78, 5) is 19.2. The summed E-state index contributed by atoms with van der Waals surface area (Å²) in [6.07, 6.45) is 6.53. The lowest BCUT2D eigenvalue weighted by molar-refractivity contribution is -0.137. The maximum Gasteiger partial charge on any atom is 0.330 e. The van der Waals surface area contributed by atoms with E-state index in [0.717, 1.165) is 22.3 Å². The van der Waals surface area contributed by atoms with Crippen LogP contribution in [0, 0.1) is 0 Å². The third kappa shape index (κ3) is 3.98. The number of imidazole rings is 1. The van der Waals surface area contributed by atoms with Gasteiger partial charge in [0.25, 0.3) is 0 Å². The predicted octanol–water partition coefficient (Wildman–Crippen LogP) is 5.63. The van der Waals surface area contributed by atoms with Crippen LogP contribution < -0.4 is 0 Å². The Morgan fingerprint density at radius 2 is 2.08 bits per heavy atom. The highest BCUT2D eigenvalue weighted by molar-refractivity contribution is 6.36. The number of halogens is 2. The molecular weight excluding hydrogens is 371 g/mol. The molecule has 0 atom stereocenters. The first-order valence-corrected chi connectivity index (χ1v) is 8.78. The third-order valence-electron chi connectivity index (χ3n) is 3.74. The number of benzene rings is 2. The van der Waals surface area contributed by atoms with Gasteiger partial charge < -0.3 is 9.72 Å². The molecule has 4 nitrogen and oxygen atoms in total. The van der Waals surface area contributed by atoms with E-state index in [4.69, 9.17) is 27.9 Å². The maximum atomic E-state index is 11.7. The van der Waals surface area contributed by atoms with Crippen molar-refractivity contribution >= 4 is 35.2 Å². The number of carbonyl (C=O) groups is 1. The van der Waals surface area contributed by atoms with Crippen molar-refractivity contribution in [3.63, 3.8) is 0 Å². The molecular formula is C20H16Cl2N2O2. The predicted molar refractivity (Wildman–Crippen MR) is 105 cm³/mol. The van der Waals surface area contributed by atoms with Crippen LogP contribution in [0.25, 0.3) is 28.6 Å². The first kappa shape index (κ1) is 18.2. The Labute approximate surface area is 161 Å². The first-order valence-electron chi connectivity index (χ1n) is 8.03. The minimum atomic E-state index is -0.396. The Kier molecular flexibility index (Phi) is 5.76. The Hall–Kier alpha value is -2.56. The molecule has 0 amide bonds. The molecule has 1 heterocycles.